The molecule has 3 rings (SSSR count). The van der Waals surface area contributed by atoms with E-state index in [0.717, 1.165) is 0 Å². The largest absolute Gasteiger partial charge is 0.503 e. The van der Waals surface area contributed by atoms with E-state index in [1.54, 1.807) is 0 Å². The van der Waals surface area contributed by atoms with Gasteiger partial charge in [-0.25, -0.2) is 9.78 Å². The molecule has 1 amide bonds. The number of carbonyl (C=O) groups is 2. The maximum absolute atomic E-state index is 12.4. The van der Waals surface area contributed by atoms with Crippen molar-refractivity contribution in [1.82, 2.24) is 10.3 Å². The molecule has 1 heterocycles. The summed E-state index contributed by atoms with van der Waals surface area (Å²) in [6, 6.07) is 8.55. The fourth-order valence-electron chi connectivity index (χ4n) is 3.24. The molecule has 27 heavy (non-hydrogen) atoms. The van der Waals surface area contributed by atoms with Crippen LogP contribution in [0.2, 0.25) is 0 Å². The number of hydrogen-bond donors (Lipinski definition) is 2. The molecule has 7 heteroatoms. The Bertz CT molecular complexity index is 867. The number of methoxy groups -OCH3 is 1. The lowest BCUT2D eigenvalue weighted by Gasteiger charge is -2.20. The third-order valence-corrected chi connectivity index (χ3v) is 4.82. The molecule has 1 aliphatic rings. The second-order valence-electron chi connectivity index (χ2n) is 6.57. The van der Waals surface area contributed by atoms with Gasteiger partial charge in [0.25, 0.3) is 5.91 Å². The van der Waals surface area contributed by atoms with Crippen LogP contribution in [0.25, 0.3) is 0 Å². The maximum Gasteiger partial charge on any atom is 0.328 e. The van der Waals surface area contributed by atoms with Crippen molar-refractivity contribution in [3.63, 3.8) is 0 Å². The molecule has 7 nitrogen and oxygen atoms in total. The fourth-order valence-corrected chi connectivity index (χ4v) is 3.24. The first-order chi connectivity index (χ1) is 12.9. The van der Waals surface area contributed by atoms with E-state index in [1.165, 1.54) is 37.4 Å². The molecule has 2 unspecified atom stereocenters. The molecule has 0 bridgehead atoms. The summed E-state index contributed by atoms with van der Waals surface area (Å²) < 4.78 is 10.6. The lowest BCUT2D eigenvalue weighted by atomic mass is 10.0. The number of carbonyl (C=O) groups excluding carboxylic acids is 2. The van der Waals surface area contributed by atoms with Crippen molar-refractivity contribution < 1.29 is 24.2 Å². The van der Waals surface area contributed by atoms with Gasteiger partial charge in [0.05, 0.1) is 7.11 Å². The predicted octanol–water partition coefficient (Wildman–Crippen LogP) is 2.19. The van der Waals surface area contributed by atoms with Crippen LogP contribution >= 0.6 is 0 Å². The van der Waals surface area contributed by atoms with Gasteiger partial charge in [0.2, 0.25) is 0 Å². The topological polar surface area (TPSA) is 97.8 Å². The molecular formula is C20H22N2O5. The number of hydrogen-bond acceptors (Lipinski definition) is 6. The Hall–Kier alpha value is -3.09. The summed E-state index contributed by atoms with van der Waals surface area (Å²) in [5, 5.41) is 12.5. The first kappa shape index (κ1) is 18.7. The van der Waals surface area contributed by atoms with Gasteiger partial charge in [-0.05, 0) is 18.1 Å². The van der Waals surface area contributed by atoms with Gasteiger partial charge >= 0.3 is 5.97 Å². The monoisotopic (exact) mass is 370 g/mol. The van der Waals surface area contributed by atoms with Crippen molar-refractivity contribution in [3.05, 3.63) is 53.3 Å². The molecule has 2 N–H and O–H groups in total. The van der Waals surface area contributed by atoms with Crippen LogP contribution in [0.4, 0.5) is 0 Å². The lowest BCUT2D eigenvalue weighted by molar-refractivity contribution is -0.151. The second-order valence-corrected chi connectivity index (χ2v) is 6.57. The van der Waals surface area contributed by atoms with Crippen LogP contribution in [-0.2, 0) is 16.0 Å². The number of nitrogens with zero attached hydrogens (tertiary/aromatic N) is 1. The van der Waals surface area contributed by atoms with E-state index >= 15 is 0 Å². The molecule has 0 fully saturated rings. The number of rotatable bonds is 5. The minimum absolute atomic E-state index is 0.0946. The number of benzene rings is 1. The van der Waals surface area contributed by atoms with E-state index in [1.807, 2.05) is 31.2 Å². The summed E-state index contributed by atoms with van der Waals surface area (Å²) in [7, 11) is 1.37. The summed E-state index contributed by atoms with van der Waals surface area (Å²) >= 11 is 0. The smallest absolute Gasteiger partial charge is 0.328 e. The van der Waals surface area contributed by atoms with Gasteiger partial charge in [-0.3, -0.25) is 4.79 Å². The van der Waals surface area contributed by atoms with Crippen molar-refractivity contribution in [1.29, 1.82) is 0 Å². The van der Waals surface area contributed by atoms with E-state index in [2.05, 4.69) is 10.3 Å². The zero-order chi connectivity index (χ0) is 19.6. The quantitative estimate of drug-likeness (QED) is 0.783. The van der Waals surface area contributed by atoms with Gasteiger partial charge in [-0.2, -0.15) is 0 Å². The SMILES string of the molecule is COc1ccnc(C(=O)N[C@@H](C)C(=O)OC2Cc3ccccc3C2C)c1O. The van der Waals surface area contributed by atoms with Crippen LogP contribution < -0.4 is 10.1 Å². The molecule has 1 aromatic heterocycles. The highest BCUT2D eigenvalue weighted by Gasteiger charge is 2.33. The predicted molar refractivity (Wildman–Crippen MR) is 97.8 cm³/mol. The number of aromatic hydroxyl groups is 1. The van der Waals surface area contributed by atoms with Crippen LogP contribution in [0.5, 0.6) is 11.5 Å². The molecule has 2 aromatic rings. The van der Waals surface area contributed by atoms with Crippen molar-refractivity contribution in [2.45, 2.75) is 38.3 Å². The van der Waals surface area contributed by atoms with Crippen LogP contribution in [0.3, 0.4) is 0 Å². The molecule has 142 valence electrons. The molecule has 0 spiro atoms. The summed E-state index contributed by atoms with van der Waals surface area (Å²) in [6.07, 6.45) is 1.73. The highest BCUT2D eigenvalue weighted by Crippen LogP contribution is 2.34. The van der Waals surface area contributed by atoms with E-state index < -0.39 is 17.9 Å². The molecule has 0 aliphatic heterocycles. The van der Waals surface area contributed by atoms with Crippen molar-refractivity contribution in [2.24, 2.45) is 0 Å². The number of esters is 1. The second kappa shape index (κ2) is 7.65. The van der Waals surface area contributed by atoms with Crippen LogP contribution in [0.15, 0.2) is 36.5 Å². The zero-order valence-electron chi connectivity index (χ0n) is 15.4. The number of aromatic nitrogens is 1. The molecule has 0 saturated carbocycles. The van der Waals surface area contributed by atoms with Gasteiger partial charge in [0.15, 0.2) is 17.2 Å². The number of pyridine rings is 1. The van der Waals surface area contributed by atoms with E-state index in [4.69, 9.17) is 9.47 Å². The Balaban J connectivity index is 1.63. The minimum atomic E-state index is -0.888. The molecule has 1 aliphatic carbocycles. The fraction of sp³-hybridized carbons (Fsp3) is 0.350. The highest BCUT2D eigenvalue weighted by molar-refractivity contribution is 5.97. The van der Waals surface area contributed by atoms with Crippen LogP contribution in [0.1, 0.15) is 41.4 Å². The van der Waals surface area contributed by atoms with E-state index in [9.17, 15) is 14.7 Å². The molecular weight excluding hydrogens is 348 g/mol. The average Bonchev–Trinajstić information content (AvgIpc) is 2.97. The first-order valence-electron chi connectivity index (χ1n) is 8.73. The lowest BCUT2D eigenvalue weighted by Crippen LogP contribution is -2.41. The van der Waals surface area contributed by atoms with Gasteiger partial charge in [0, 0.05) is 24.6 Å². The Kier molecular flexibility index (Phi) is 5.30. The molecule has 1 aromatic carbocycles. The Morgan fingerprint density at radius 1 is 1.30 bits per heavy atom. The third kappa shape index (κ3) is 3.72. The Morgan fingerprint density at radius 2 is 2.04 bits per heavy atom. The van der Waals surface area contributed by atoms with Gasteiger partial charge in [-0.1, -0.05) is 31.2 Å². The first-order valence-corrected chi connectivity index (χ1v) is 8.73. The number of nitrogens with one attached hydrogen (secondary N) is 1. The van der Waals surface area contributed by atoms with E-state index in [-0.39, 0.29) is 29.2 Å². The number of fused-ring (bicyclic) bond motifs is 1. The third-order valence-electron chi connectivity index (χ3n) is 4.82. The average molecular weight is 370 g/mol. The van der Waals surface area contributed by atoms with Gasteiger partial charge in [-0.15, -0.1) is 0 Å². The van der Waals surface area contributed by atoms with E-state index in [0.29, 0.717) is 6.42 Å². The number of amides is 1. The maximum atomic E-state index is 12.4. The zero-order valence-corrected chi connectivity index (χ0v) is 15.4. The van der Waals surface area contributed by atoms with Crippen LogP contribution in [0, 0.1) is 0 Å². The van der Waals surface area contributed by atoms with Gasteiger partial charge in [0.1, 0.15) is 12.1 Å². The Morgan fingerprint density at radius 3 is 2.74 bits per heavy atom. The van der Waals surface area contributed by atoms with Gasteiger partial charge < -0.3 is 19.9 Å². The van der Waals surface area contributed by atoms with Crippen molar-refractivity contribution in [2.75, 3.05) is 7.11 Å². The molecule has 0 radical (unpaired) electrons. The summed E-state index contributed by atoms with van der Waals surface area (Å²) in [4.78, 5) is 28.6. The molecule has 3 atom stereocenters. The minimum Gasteiger partial charge on any atom is -0.503 e. The summed E-state index contributed by atoms with van der Waals surface area (Å²) in [5.41, 5.74) is 2.14. The normalized spacial score (nSPS) is 19.1. The standard InChI is InChI=1S/C20H22N2O5/c1-11-14-7-5-4-6-13(14)10-16(11)27-20(25)12(2)22-19(24)17-18(23)15(26-3)8-9-21-17/h4-9,11-12,16,23H,10H2,1-3H3,(H,22,24)/t11?,12-,16?/m0/s1. The number of ether oxygens (including phenoxy) is 2. The van der Waals surface area contributed by atoms with Crippen molar-refractivity contribution >= 4 is 11.9 Å². The van der Waals surface area contributed by atoms with Crippen LogP contribution in [-0.4, -0.2) is 41.2 Å². The summed E-state index contributed by atoms with van der Waals surface area (Å²) in [6.45, 7) is 3.55. The van der Waals surface area contributed by atoms with Crippen molar-refractivity contribution in [3.8, 4) is 11.5 Å². The molecule has 0 saturated heterocycles. The highest BCUT2D eigenvalue weighted by atomic mass is 16.5. The Labute approximate surface area is 157 Å². The summed E-state index contributed by atoms with van der Waals surface area (Å²) in [5.74, 6) is -1.37.